The molecule has 0 radical (unpaired) electrons. The fraction of sp³-hybridized carbons (Fsp3) is 0.385. The summed E-state index contributed by atoms with van der Waals surface area (Å²) in [6.45, 7) is 2.94. The highest BCUT2D eigenvalue weighted by atomic mass is 35.5. The monoisotopic (exact) mass is 314 g/mol. The number of benzene rings is 1. The zero-order chi connectivity index (χ0) is 16.2. The minimum atomic E-state index is -1.19. The molecule has 1 amide bonds. The first kappa shape index (κ1) is 16.9. The summed E-state index contributed by atoms with van der Waals surface area (Å²) < 4.78 is 0. The molecule has 114 valence electrons. The van der Waals surface area contributed by atoms with Crippen molar-refractivity contribution in [2.45, 2.75) is 26.3 Å². The number of carbonyl (C=O) groups is 2. The van der Waals surface area contributed by atoms with Gasteiger partial charge < -0.3 is 10.0 Å². The summed E-state index contributed by atoms with van der Waals surface area (Å²) in [5.74, 6) is -1.91. The smallest absolute Gasteiger partial charge is 0.323 e. The Morgan fingerprint density at radius 3 is 2.57 bits per heavy atom. The van der Waals surface area contributed by atoms with Gasteiger partial charge >= 0.3 is 11.7 Å². The van der Waals surface area contributed by atoms with Crippen LogP contribution < -0.4 is 0 Å². The van der Waals surface area contributed by atoms with E-state index in [1.165, 1.54) is 18.2 Å². The summed E-state index contributed by atoms with van der Waals surface area (Å²) in [5.41, 5.74) is -0.725. The molecule has 0 aliphatic carbocycles. The van der Waals surface area contributed by atoms with E-state index in [0.29, 0.717) is 6.42 Å². The molecule has 0 aromatic heterocycles. The Kier molecular flexibility index (Phi) is 5.66. The minimum absolute atomic E-state index is 0.162. The van der Waals surface area contributed by atoms with E-state index >= 15 is 0 Å². The lowest BCUT2D eigenvalue weighted by atomic mass is 10.1. The first-order valence-electron chi connectivity index (χ1n) is 6.25. The molecule has 0 saturated heterocycles. The fourth-order valence-electron chi connectivity index (χ4n) is 1.82. The molecule has 1 N–H and O–H groups in total. The third-order valence-corrected chi connectivity index (χ3v) is 3.39. The lowest BCUT2D eigenvalue weighted by Gasteiger charge is -2.26. The number of carbonyl (C=O) groups excluding carboxylic acids is 1. The highest BCUT2D eigenvalue weighted by Gasteiger charge is 2.30. The van der Waals surface area contributed by atoms with Crippen LogP contribution in [0.2, 0.25) is 5.02 Å². The molecule has 1 atom stereocenters. The van der Waals surface area contributed by atoms with Crippen LogP contribution in [0.25, 0.3) is 0 Å². The van der Waals surface area contributed by atoms with Gasteiger partial charge in [-0.3, -0.25) is 19.7 Å². The molecule has 1 rings (SSSR count). The molecule has 0 aliphatic heterocycles. The van der Waals surface area contributed by atoms with E-state index in [-0.39, 0.29) is 16.6 Å². The number of para-hydroxylation sites is 1. The van der Waals surface area contributed by atoms with Crippen molar-refractivity contribution in [1.82, 2.24) is 4.90 Å². The van der Waals surface area contributed by atoms with Crippen molar-refractivity contribution in [2.24, 2.45) is 0 Å². The average molecular weight is 315 g/mol. The van der Waals surface area contributed by atoms with E-state index in [2.05, 4.69) is 0 Å². The lowest BCUT2D eigenvalue weighted by molar-refractivity contribution is -0.385. The van der Waals surface area contributed by atoms with E-state index in [4.69, 9.17) is 16.7 Å². The third kappa shape index (κ3) is 3.91. The normalized spacial score (nSPS) is 11.8. The van der Waals surface area contributed by atoms with Gasteiger partial charge in [0.15, 0.2) is 0 Å². The summed E-state index contributed by atoms with van der Waals surface area (Å²) in [4.78, 5) is 34.8. The molecular weight excluding hydrogens is 300 g/mol. The Labute approximate surface area is 126 Å². The number of nitro benzene ring substituents is 1. The molecule has 0 fully saturated rings. The van der Waals surface area contributed by atoms with Gasteiger partial charge in [0.05, 0.1) is 4.92 Å². The Morgan fingerprint density at radius 2 is 2.10 bits per heavy atom. The average Bonchev–Trinajstić information content (AvgIpc) is 2.42. The Morgan fingerprint density at radius 1 is 1.48 bits per heavy atom. The molecule has 0 aliphatic rings. The number of rotatable bonds is 6. The van der Waals surface area contributed by atoms with E-state index in [9.17, 15) is 19.7 Å². The van der Waals surface area contributed by atoms with E-state index < -0.39 is 29.0 Å². The van der Waals surface area contributed by atoms with E-state index in [0.717, 1.165) is 4.90 Å². The number of aliphatic carboxylic acids is 1. The number of hydrogen-bond donors (Lipinski definition) is 1. The molecule has 1 unspecified atom stereocenters. The largest absolute Gasteiger partial charge is 0.480 e. The van der Waals surface area contributed by atoms with Crippen LogP contribution in [0.5, 0.6) is 0 Å². The van der Waals surface area contributed by atoms with Crippen LogP contribution in [0.4, 0.5) is 5.69 Å². The van der Waals surface area contributed by atoms with Crippen molar-refractivity contribution in [3.63, 3.8) is 0 Å². The molecule has 8 heteroatoms. The molecular formula is C13H15ClN2O5. The van der Waals surface area contributed by atoms with E-state index in [1.54, 1.807) is 13.8 Å². The summed E-state index contributed by atoms with van der Waals surface area (Å²) >= 11 is 5.76. The second kappa shape index (κ2) is 7.03. The highest BCUT2D eigenvalue weighted by molar-refractivity contribution is 6.33. The van der Waals surface area contributed by atoms with Crippen LogP contribution >= 0.6 is 11.6 Å². The van der Waals surface area contributed by atoms with Gasteiger partial charge in [0.2, 0.25) is 0 Å². The van der Waals surface area contributed by atoms with Crippen LogP contribution in [0, 0.1) is 10.1 Å². The number of nitrogens with zero attached hydrogens (tertiary/aromatic N) is 2. The van der Waals surface area contributed by atoms with Crippen LogP contribution in [0.15, 0.2) is 18.2 Å². The topological polar surface area (TPSA) is 101 Å². The lowest BCUT2D eigenvalue weighted by Crippen LogP contribution is -2.42. The van der Waals surface area contributed by atoms with Crippen LogP contribution in [0.3, 0.4) is 0 Å². The summed E-state index contributed by atoms with van der Waals surface area (Å²) in [6.07, 6.45) is 0.521. The molecule has 0 saturated carbocycles. The standard InChI is InChI=1S/C13H15ClN2O5/c1-3-8(2)15(7-11(17)18)13(19)9-5-4-6-10(14)12(9)16(20)21/h4-6,8H,3,7H2,1-2H3,(H,17,18). The summed E-state index contributed by atoms with van der Waals surface area (Å²) in [5, 5.41) is 19.8. The van der Waals surface area contributed by atoms with Gasteiger partial charge in [0.25, 0.3) is 5.91 Å². The summed E-state index contributed by atoms with van der Waals surface area (Å²) in [7, 11) is 0. The van der Waals surface area contributed by atoms with Crippen molar-refractivity contribution in [1.29, 1.82) is 0 Å². The van der Waals surface area contributed by atoms with Gasteiger partial charge in [-0.15, -0.1) is 0 Å². The van der Waals surface area contributed by atoms with Crippen LogP contribution in [-0.4, -0.2) is 39.4 Å². The fourth-order valence-corrected chi connectivity index (χ4v) is 2.07. The first-order chi connectivity index (χ1) is 9.79. The van der Waals surface area contributed by atoms with Crippen LogP contribution in [0.1, 0.15) is 30.6 Å². The summed E-state index contributed by atoms with van der Waals surface area (Å²) in [6, 6.07) is 3.62. The Balaban J connectivity index is 3.30. The number of carboxylic acids is 1. The Bertz CT molecular complexity index is 576. The quantitative estimate of drug-likeness (QED) is 0.642. The maximum atomic E-state index is 12.5. The number of amides is 1. The second-order valence-electron chi connectivity index (χ2n) is 4.48. The van der Waals surface area contributed by atoms with Crippen molar-refractivity contribution in [3.8, 4) is 0 Å². The van der Waals surface area contributed by atoms with E-state index in [1.807, 2.05) is 0 Å². The predicted octanol–water partition coefficient (Wildman–Crippen LogP) is 2.57. The molecule has 1 aromatic rings. The number of nitro groups is 1. The zero-order valence-electron chi connectivity index (χ0n) is 11.6. The third-order valence-electron chi connectivity index (χ3n) is 3.09. The van der Waals surface area contributed by atoms with Crippen molar-refractivity contribution < 1.29 is 19.6 Å². The first-order valence-corrected chi connectivity index (χ1v) is 6.63. The molecule has 21 heavy (non-hydrogen) atoms. The van der Waals surface area contributed by atoms with Crippen molar-refractivity contribution in [2.75, 3.05) is 6.54 Å². The molecule has 7 nitrogen and oxygen atoms in total. The molecule has 0 bridgehead atoms. The van der Waals surface area contributed by atoms with Gasteiger partial charge in [0.1, 0.15) is 17.1 Å². The van der Waals surface area contributed by atoms with Gasteiger partial charge in [-0.1, -0.05) is 24.6 Å². The van der Waals surface area contributed by atoms with Crippen molar-refractivity contribution >= 4 is 29.2 Å². The molecule has 0 spiro atoms. The van der Waals surface area contributed by atoms with Gasteiger partial charge in [-0.25, -0.2) is 0 Å². The van der Waals surface area contributed by atoms with Crippen LogP contribution in [-0.2, 0) is 4.79 Å². The highest BCUT2D eigenvalue weighted by Crippen LogP contribution is 2.29. The second-order valence-corrected chi connectivity index (χ2v) is 4.88. The molecule has 0 heterocycles. The van der Waals surface area contributed by atoms with Gasteiger partial charge in [0, 0.05) is 6.04 Å². The van der Waals surface area contributed by atoms with Crippen molar-refractivity contribution in [3.05, 3.63) is 38.9 Å². The van der Waals surface area contributed by atoms with Gasteiger partial charge in [-0.2, -0.15) is 0 Å². The molecule has 1 aromatic carbocycles. The number of halogens is 1. The SMILES string of the molecule is CCC(C)N(CC(=O)O)C(=O)c1cccc(Cl)c1[N+](=O)[O-]. The van der Waals surface area contributed by atoms with Gasteiger partial charge in [-0.05, 0) is 25.5 Å². The predicted molar refractivity (Wildman–Crippen MR) is 76.5 cm³/mol. The Hall–Kier alpha value is -2.15. The maximum Gasteiger partial charge on any atom is 0.323 e. The minimum Gasteiger partial charge on any atom is -0.480 e. The maximum absolute atomic E-state index is 12.5. The number of carboxylic acid groups (broad SMARTS) is 1. The zero-order valence-corrected chi connectivity index (χ0v) is 12.3. The number of hydrogen-bond acceptors (Lipinski definition) is 4.